The van der Waals surface area contributed by atoms with Crippen LogP contribution in [0.4, 0.5) is 5.82 Å². The van der Waals surface area contributed by atoms with Gasteiger partial charge in [-0.1, -0.05) is 0 Å². The van der Waals surface area contributed by atoms with Crippen LogP contribution in [-0.2, 0) is 4.74 Å². The maximum atomic E-state index is 10.2. The van der Waals surface area contributed by atoms with Crippen LogP contribution in [-0.4, -0.2) is 45.4 Å². The summed E-state index contributed by atoms with van der Waals surface area (Å²) in [4.78, 5) is 12.8. The molecule has 0 bridgehead atoms. The molecular formula is C12H13BrN4O2. The summed E-state index contributed by atoms with van der Waals surface area (Å²) in [7, 11) is 0. The van der Waals surface area contributed by atoms with E-state index in [9.17, 15) is 5.11 Å². The zero-order valence-electron chi connectivity index (χ0n) is 10.1. The summed E-state index contributed by atoms with van der Waals surface area (Å²) in [6.45, 7) is 1.32. The lowest BCUT2D eigenvalue weighted by Crippen LogP contribution is -2.37. The number of hydrogen-bond acceptors (Lipinski definition) is 6. The second-order valence-corrected chi connectivity index (χ2v) is 5.44. The second-order valence-electron chi connectivity index (χ2n) is 4.59. The SMILES string of the molecule is O[C@]1(CNc2ncc(Br)c3nccnc23)CCOC1. The summed E-state index contributed by atoms with van der Waals surface area (Å²) in [5.74, 6) is 0.617. The average molecular weight is 325 g/mol. The zero-order chi connectivity index (χ0) is 13.3. The minimum atomic E-state index is -0.830. The number of rotatable bonds is 3. The van der Waals surface area contributed by atoms with Crippen molar-refractivity contribution in [3.8, 4) is 0 Å². The van der Waals surface area contributed by atoms with Crippen LogP contribution in [0.25, 0.3) is 11.0 Å². The van der Waals surface area contributed by atoms with Crippen molar-refractivity contribution < 1.29 is 9.84 Å². The number of fused-ring (bicyclic) bond motifs is 1. The normalized spacial score (nSPS) is 22.8. The van der Waals surface area contributed by atoms with Gasteiger partial charge in [0.05, 0.1) is 11.1 Å². The second kappa shape index (κ2) is 4.99. The minimum Gasteiger partial charge on any atom is -0.386 e. The van der Waals surface area contributed by atoms with Gasteiger partial charge < -0.3 is 15.2 Å². The molecule has 100 valence electrons. The molecule has 0 aromatic carbocycles. The number of ether oxygens (including phenoxy) is 1. The number of nitrogens with one attached hydrogen (secondary N) is 1. The highest BCUT2D eigenvalue weighted by Gasteiger charge is 2.32. The molecule has 3 heterocycles. The average Bonchev–Trinajstić information content (AvgIpc) is 2.86. The van der Waals surface area contributed by atoms with Gasteiger partial charge in [0.1, 0.15) is 16.6 Å². The van der Waals surface area contributed by atoms with Crippen LogP contribution in [0.15, 0.2) is 23.1 Å². The standard InChI is InChI=1S/C12H13BrN4O2/c13-8-5-16-11(10-9(8)14-2-3-15-10)17-6-12(18)1-4-19-7-12/h2-3,5,18H,1,4,6-7H2,(H,16,17)/t12-/m0/s1. The largest absolute Gasteiger partial charge is 0.386 e. The molecule has 7 heteroatoms. The monoisotopic (exact) mass is 324 g/mol. The molecular weight excluding hydrogens is 312 g/mol. The highest BCUT2D eigenvalue weighted by molar-refractivity contribution is 9.10. The van der Waals surface area contributed by atoms with E-state index in [1.54, 1.807) is 18.6 Å². The van der Waals surface area contributed by atoms with Gasteiger partial charge in [0, 0.05) is 38.2 Å². The molecule has 3 rings (SSSR count). The highest BCUT2D eigenvalue weighted by atomic mass is 79.9. The Morgan fingerprint density at radius 2 is 2.11 bits per heavy atom. The third-order valence-corrected chi connectivity index (χ3v) is 3.70. The minimum absolute atomic E-state index is 0.347. The van der Waals surface area contributed by atoms with E-state index in [-0.39, 0.29) is 0 Å². The van der Waals surface area contributed by atoms with Crippen molar-refractivity contribution in [1.29, 1.82) is 0 Å². The zero-order valence-corrected chi connectivity index (χ0v) is 11.7. The van der Waals surface area contributed by atoms with Gasteiger partial charge in [-0.05, 0) is 15.9 Å². The molecule has 6 nitrogen and oxygen atoms in total. The van der Waals surface area contributed by atoms with Gasteiger partial charge in [0.2, 0.25) is 0 Å². The van der Waals surface area contributed by atoms with Crippen molar-refractivity contribution in [3.05, 3.63) is 23.1 Å². The van der Waals surface area contributed by atoms with Crippen LogP contribution < -0.4 is 5.32 Å². The Morgan fingerprint density at radius 3 is 2.84 bits per heavy atom. The van der Waals surface area contributed by atoms with E-state index in [1.165, 1.54) is 0 Å². The van der Waals surface area contributed by atoms with Crippen LogP contribution in [0.1, 0.15) is 6.42 Å². The third kappa shape index (κ3) is 2.54. The van der Waals surface area contributed by atoms with Crippen molar-refractivity contribution >= 4 is 32.8 Å². The molecule has 0 amide bonds. The van der Waals surface area contributed by atoms with Crippen LogP contribution in [0, 0.1) is 0 Å². The van der Waals surface area contributed by atoms with E-state index in [2.05, 4.69) is 36.2 Å². The summed E-state index contributed by atoms with van der Waals surface area (Å²) in [6, 6.07) is 0. The summed E-state index contributed by atoms with van der Waals surface area (Å²) >= 11 is 3.40. The predicted molar refractivity (Wildman–Crippen MR) is 73.9 cm³/mol. The van der Waals surface area contributed by atoms with Crippen LogP contribution in [0.2, 0.25) is 0 Å². The molecule has 19 heavy (non-hydrogen) atoms. The number of halogens is 1. The van der Waals surface area contributed by atoms with E-state index in [4.69, 9.17) is 4.74 Å². The molecule has 0 aliphatic carbocycles. The van der Waals surface area contributed by atoms with Gasteiger partial charge >= 0.3 is 0 Å². The van der Waals surface area contributed by atoms with Crippen molar-refractivity contribution in [1.82, 2.24) is 15.0 Å². The van der Waals surface area contributed by atoms with Gasteiger partial charge in [0.15, 0.2) is 5.82 Å². The third-order valence-electron chi connectivity index (χ3n) is 3.12. The lowest BCUT2D eigenvalue weighted by Gasteiger charge is -2.21. The first-order valence-corrected chi connectivity index (χ1v) is 6.76. The summed E-state index contributed by atoms with van der Waals surface area (Å²) in [5, 5.41) is 13.4. The Labute approximate surface area is 118 Å². The molecule has 1 aliphatic heterocycles. The lowest BCUT2D eigenvalue weighted by molar-refractivity contribution is 0.0381. The van der Waals surface area contributed by atoms with Crippen molar-refractivity contribution in [2.75, 3.05) is 25.1 Å². The molecule has 1 fully saturated rings. The van der Waals surface area contributed by atoms with Crippen LogP contribution in [0.3, 0.4) is 0 Å². The Hall–Kier alpha value is -1.31. The Kier molecular flexibility index (Phi) is 3.34. The maximum absolute atomic E-state index is 10.2. The first-order valence-electron chi connectivity index (χ1n) is 5.97. The highest BCUT2D eigenvalue weighted by Crippen LogP contribution is 2.25. The molecule has 0 saturated carbocycles. The molecule has 2 aromatic heterocycles. The number of anilines is 1. The number of hydrogen-bond donors (Lipinski definition) is 2. The fourth-order valence-corrected chi connectivity index (χ4v) is 2.44. The predicted octanol–water partition coefficient (Wildman–Crippen LogP) is 1.35. The van der Waals surface area contributed by atoms with E-state index in [0.717, 1.165) is 9.99 Å². The molecule has 1 aliphatic rings. The van der Waals surface area contributed by atoms with E-state index in [0.29, 0.717) is 37.5 Å². The fraction of sp³-hybridized carbons (Fsp3) is 0.417. The van der Waals surface area contributed by atoms with Crippen LogP contribution in [0.5, 0.6) is 0 Å². The molecule has 1 saturated heterocycles. The summed E-state index contributed by atoms with van der Waals surface area (Å²) in [6.07, 6.45) is 5.55. The Bertz CT molecular complexity index is 601. The molecule has 1 atom stereocenters. The lowest BCUT2D eigenvalue weighted by atomic mass is 10.0. The van der Waals surface area contributed by atoms with Gasteiger partial charge in [0.25, 0.3) is 0 Å². The smallest absolute Gasteiger partial charge is 0.154 e. The molecule has 0 unspecified atom stereocenters. The van der Waals surface area contributed by atoms with Gasteiger partial charge in [-0.3, -0.25) is 4.98 Å². The maximum Gasteiger partial charge on any atom is 0.154 e. The summed E-state index contributed by atoms with van der Waals surface area (Å²) < 4.78 is 6.00. The van der Waals surface area contributed by atoms with E-state index >= 15 is 0 Å². The van der Waals surface area contributed by atoms with E-state index in [1.807, 2.05) is 0 Å². The Balaban J connectivity index is 1.87. The number of nitrogens with zero attached hydrogens (tertiary/aromatic N) is 3. The van der Waals surface area contributed by atoms with Gasteiger partial charge in [-0.25, -0.2) is 9.97 Å². The summed E-state index contributed by atoms with van der Waals surface area (Å²) in [5.41, 5.74) is 0.595. The van der Waals surface area contributed by atoms with E-state index < -0.39 is 5.60 Å². The first-order chi connectivity index (χ1) is 9.18. The van der Waals surface area contributed by atoms with Crippen molar-refractivity contribution in [2.24, 2.45) is 0 Å². The molecule has 0 radical (unpaired) electrons. The number of pyridine rings is 1. The molecule has 2 aromatic rings. The Morgan fingerprint density at radius 1 is 1.32 bits per heavy atom. The first kappa shape index (κ1) is 12.7. The number of aromatic nitrogens is 3. The topological polar surface area (TPSA) is 80.2 Å². The van der Waals surface area contributed by atoms with Crippen molar-refractivity contribution in [2.45, 2.75) is 12.0 Å². The number of aliphatic hydroxyl groups is 1. The fourth-order valence-electron chi connectivity index (χ4n) is 2.04. The van der Waals surface area contributed by atoms with Gasteiger partial charge in [-0.15, -0.1) is 0 Å². The van der Waals surface area contributed by atoms with Crippen molar-refractivity contribution in [3.63, 3.8) is 0 Å². The molecule has 2 N–H and O–H groups in total. The van der Waals surface area contributed by atoms with Gasteiger partial charge in [-0.2, -0.15) is 0 Å². The molecule has 0 spiro atoms. The quantitative estimate of drug-likeness (QED) is 0.887. The van der Waals surface area contributed by atoms with Crippen LogP contribution >= 0.6 is 15.9 Å².